The van der Waals surface area contributed by atoms with Crippen LogP contribution in [-0.4, -0.2) is 33.2 Å². The van der Waals surface area contributed by atoms with E-state index in [4.69, 9.17) is 0 Å². The molecule has 0 bridgehead atoms. The molecule has 0 unspecified atom stereocenters. The normalized spacial score (nSPS) is 12.0. The Hall–Kier alpha value is -2.07. The number of rotatable bonds is 4. The van der Waals surface area contributed by atoms with Crippen LogP contribution in [0.1, 0.15) is 18.3 Å². The summed E-state index contributed by atoms with van der Waals surface area (Å²) in [4.78, 5) is 13.0. The van der Waals surface area contributed by atoms with Crippen molar-refractivity contribution in [2.75, 3.05) is 4.72 Å². The van der Waals surface area contributed by atoms with E-state index in [0.717, 1.165) is 11.3 Å². The molecule has 0 aliphatic rings. The number of nitrogens with zero attached hydrogens (tertiary/aromatic N) is 5. The average Bonchev–Trinajstić information content (AvgIpc) is 2.97. The molecule has 0 spiro atoms. The number of aryl methyl sites for hydroxylation is 2. The summed E-state index contributed by atoms with van der Waals surface area (Å²) < 4.78 is 29.4. The van der Waals surface area contributed by atoms with Gasteiger partial charge in [0.15, 0.2) is 10.5 Å². The van der Waals surface area contributed by atoms with Gasteiger partial charge >= 0.3 is 0 Å². The number of sulfonamides is 1. The Balaban J connectivity index is 2.02. The molecule has 8 nitrogen and oxygen atoms in total. The summed E-state index contributed by atoms with van der Waals surface area (Å²) in [6, 6.07) is 0. The van der Waals surface area contributed by atoms with Crippen molar-refractivity contribution in [1.82, 2.24) is 24.7 Å². The summed E-state index contributed by atoms with van der Waals surface area (Å²) in [6.07, 6.45) is 3.05. The molecule has 0 amide bonds. The Morgan fingerprint density at radius 1 is 1.27 bits per heavy atom. The van der Waals surface area contributed by atoms with E-state index in [9.17, 15) is 8.42 Å². The summed E-state index contributed by atoms with van der Waals surface area (Å²) in [7, 11) is -3.75. The molecular weight excluding hydrogens is 324 g/mol. The van der Waals surface area contributed by atoms with Gasteiger partial charge in [0.25, 0.3) is 10.0 Å². The van der Waals surface area contributed by atoms with Gasteiger partial charge in [-0.05, 0) is 20.8 Å². The number of hydrogen-bond acceptors (Lipinski definition) is 7. The van der Waals surface area contributed by atoms with Crippen LogP contribution in [0.4, 0.5) is 5.13 Å². The Morgan fingerprint density at radius 3 is 2.64 bits per heavy atom. The number of thiazole rings is 1. The SMILES string of the molecule is CCn1nc(C)c(S(=O)(=O)Nc2nc3nccnc3s2)c1C. The minimum absolute atomic E-state index is 0.189. The van der Waals surface area contributed by atoms with Crippen molar-refractivity contribution >= 4 is 37.0 Å². The molecule has 0 aliphatic heterocycles. The third-order valence-corrected chi connectivity index (χ3v) is 5.74. The molecule has 116 valence electrons. The van der Waals surface area contributed by atoms with Gasteiger partial charge < -0.3 is 0 Å². The molecule has 3 rings (SSSR count). The minimum atomic E-state index is -3.75. The lowest BCUT2D eigenvalue weighted by molar-refractivity contribution is 0.598. The first-order valence-corrected chi connectivity index (χ1v) is 8.86. The Kier molecular flexibility index (Phi) is 3.57. The van der Waals surface area contributed by atoms with E-state index in [-0.39, 0.29) is 10.0 Å². The van der Waals surface area contributed by atoms with E-state index in [1.165, 1.54) is 6.20 Å². The first kappa shape index (κ1) is 14.9. The number of nitrogens with one attached hydrogen (secondary N) is 1. The first-order valence-electron chi connectivity index (χ1n) is 6.56. The molecule has 0 aliphatic carbocycles. The van der Waals surface area contributed by atoms with E-state index in [1.54, 1.807) is 24.7 Å². The van der Waals surface area contributed by atoms with E-state index in [1.807, 2.05) is 6.92 Å². The second-order valence-corrected chi connectivity index (χ2v) is 7.22. The second kappa shape index (κ2) is 5.29. The van der Waals surface area contributed by atoms with Gasteiger partial charge in [0.05, 0.1) is 11.4 Å². The highest BCUT2D eigenvalue weighted by atomic mass is 32.2. The van der Waals surface area contributed by atoms with Crippen LogP contribution in [0.2, 0.25) is 0 Å². The number of fused-ring (bicyclic) bond motifs is 1. The number of hydrogen-bond donors (Lipinski definition) is 1. The van der Waals surface area contributed by atoms with Crippen molar-refractivity contribution in [3.8, 4) is 0 Å². The van der Waals surface area contributed by atoms with Crippen LogP contribution in [0.15, 0.2) is 17.3 Å². The molecule has 3 aromatic rings. The summed E-state index contributed by atoms with van der Waals surface area (Å²) in [6.45, 7) is 5.93. The van der Waals surface area contributed by atoms with Crippen LogP contribution in [0.5, 0.6) is 0 Å². The van der Waals surface area contributed by atoms with Crippen molar-refractivity contribution in [3.05, 3.63) is 23.8 Å². The summed E-state index contributed by atoms with van der Waals surface area (Å²) in [5, 5.41) is 4.48. The molecule has 0 saturated heterocycles. The van der Waals surface area contributed by atoms with Crippen molar-refractivity contribution in [3.63, 3.8) is 0 Å². The van der Waals surface area contributed by atoms with Gasteiger partial charge in [-0.3, -0.25) is 9.40 Å². The topological polar surface area (TPSA) is 103 Å². The van der Waals surface area contributed by atoms with Crippen LogP contribution >= 0.6 is 11.3 Å². The van der Waals surface area contributed by atoms with Crippen LogP contribution in [-0.2, 0) is 16.6 Å². The average molecular weight is 338 g/mol. The largest absolute Gasteiger partial charge is 0.268 e. The molecule has 0 radical (unpaired) electrons. The maximum absolute atomic E-state index is 12.6. The van der Waals surface area contributed by atoms with E-state index in [2.05, 4.69) is 24.8 Å². The zero-order chi connectivity index (χ0) is 15.9. The minimum Gasteiger partial charge on any atom is -0.268 e. The van der Waals surface area contributed by atoms with Gasteiger partial charge in [-0.2, -0.15) is 10.1 Å². The Morgan fingerprint density at radius 2 is 2.00 bits per heavy atom. The first-order chi connectivity index (χ1) is 10.4. The highest BCUT2D eigenvalue weighted by Gasteiger charge is 2.25. The van der Waals surface area contributed by atoms with Crippen molar-refractivity contribution in [1.29, 1.82) is 0 Å². The molecule has 0 aromatic carbocycles. The fraction of sp³-hybridized carbons (Fsp3) is 0.333. The van der Waals surface area contributed by atoms with Gasteiger partial charge in [0.2, 0.25) is 5.13 Å². The highest BCUT2D eigenvalue weighted by Crippen LogP contribution is 2.27. The van der Waals surface area contributed by atoms with Crippen LogP contribution < -0.4 is 4.72 Å². The standard InChI is InChI=1S/C12H14N6O2S2/c1-4-18-8(3)9(7(2)16-18)22(19,20)17-12-15-10-11(21-12)14-6-5-13-10/h5-6H,4H2,1-3H3,(H,13,15,17). The molecule has 22 heavy (non-hydrogen) atoms. The zero-order valence-electron chi connectivity index (χ0n) is 12.2. The lowest BCUT2D eigenvalue weighted by Gasteiger charge is -2.05. The summed E-state index contributed by atoms with van der Waals surface area (Å²) >= 11 is 1.14. The quantitative estimate of drug-likeness (QED) is 0.777. The highest BCUT2D eigenvalue weighted by molar-refractivity contribution is 7.93. The molecule has 0 saturated carbocycles. The monoisotopic (exact) mass is 338 g/mol. The van der Waals surface area contributed by atoms with Crippen LogP contribution in [0.25, 0.3) is 10.5 Å². The lowest BCUT2D eigenvalue weighted by atomic mass is 10.4. The van der Waals surface area contributed by atoms with Gasteiger partial charge in [0.1, 0.15) is 4.90 Å². The van der Waals surface area contributed by atoms with E-state index in [0.29, 0.717) is 28.4 Å². The van der Waals surface area contributed by atoms with Crippen LogP contribution in [0.3, 0.4) is 0 Å². The molecule has 1 N–H and O–H groups in total. The number of aromatic nitrogens is 5. The summed E-state index contributed by atoms with van der Waals surface area (Å²) in [5.41, 5.74) is 1.48. The Bertz CT molecular complexity index is 911. The van der Waals surface area contributed by atoms with Crippen molar-refractivity contribution in [2.24, 2.45) is 0 Å². The van der Waals surface area contributed by atoms with Crippen molar-refractivity contribution < 1.29 is 8.42 Å². The van der Waals surface area contributed by atoms with Crippen LogP contribution in [0, 0.1) is 13.8 Å². The fourth-order valence-corrected chi connectivity index (χ4v) is 4.68. The maximum atomic E-state index is 12.6. The Labute approximate surface area is 131 Å². The summed E-state index contributed by atoms with van der Waals surface area (Å²) in [5.74, 6) is 0. The third-order valence-electron chi connectivity index (χ3n) is 3.15. The molecule has 3 aromatic heterocycles. The zero-order valence-corrected chi connectivity index (χ0v) is 13.9. The van der Waals surface area contributed by atoms with Gasteiger partial charge in [-0.25, -0.2) is 18.4 Å². The molecule has 10 heteroatoms. The smallest absolute Gasteiger partial charge is 0.267 e. The van der Waals surface area contributed by atoms with E-state index >= 15 is 0 Å². The van der Waals surface area contributed by atoms with Gasteiger partial charge in [-0.1, -0.05) is 11.3 Å². The maximum Gasteiger partial charge on any atom is 0.267 e. The second-order valence-electron chi connectivity index (χ2n) is 4.63. The fourth-order valence-electron chi connectivity index (χ4n) is 2.26. The van der Waals surface area contributed by atoms with Gasteiger partial charge in [0, 0.05) is 18.9 Å². The third kappa shape index (κ3) is 2.44. The predicted molar refractivity (Wildman–Crippen MR) is 83.4 cm³/mol. The molecule has 0 fully saturated rings. The predicted octanol–water partition coefficient (Wildman–Crippen LogP) is 1.72. The molecule has 0 atom stereocenters. The van der Waals surface area contributed by atoms with Crippen molar-refractivity contribution in [2.45, 2.75) is 32.2 Å². The molecule has 3 heterocycles. The lowest BCUT2D eigenvalue weighted by Crippen LogP contribution is -2.14. The number of anilines is 1. The molecular formula is C12H14N6O2S2. The van der Waals surface area contributed by atoms with Gasteiger partial charge in [-0.15, -0.1) is 0 Å². The van der Waals surface area contributed by atoms with E-state index < -0.39 is 10.0 Å².